The van der Waals surface area contributed by atoms with Gasteiger partial charge in [0.2, 0.25) is 0 Å². The van der Waals surface area contributed by atoms with Gasteiger partial charge in [0.1, 0.15) is 23.7 Å². The van der Waals surface area contributed by atoms with E-state index in [4.69, 9.17) is 23.7 Å². The number of rotatable bonds is 8. The maximum Gasteiger partial charge on any atom is 0.196 e. The van der Waals surface area contributed by atoms with E-state index in [1.807, 2.05) is 48.5 Å². The summed E-state index contributed by atoms with van der Waals surface area (Å²) in [5.74, 6) is 8.05. The number of aromatic nitrogens is 1. The number of hydrogen-bond acceptors (Lipinski definition) is 7. The first kappa shape index (κ1) is 26.5. The van der Waals surface area contributed by atoms with Crippen LogP contribution in [0.4, 0.5) is 0 Å². The van der Waals surface area contributed by atoms with Crippen LogP contribution in [0.5, 0.6) is 17.2 Å². The highest BCUT2D eigenvalue weighted by Crippen LogP contribution is 2.41. The van der Waals surface area contributed by atoms with E-state index >= 15 is 0 Å². The predicted molar refractivity (Wildman–Crippen MR) is 153 cm³/mol. The van der Waals surface area contributed by atoms with Gasteiger partial charge < -0.3 is 23.7 Å². The molecule has 0 saturated carbocycles. The molecule has 0 aliphatic heterocycles. The van der Waals surface area contributed by atoms with Gasteiger partial charge in [-0.15, -0.1) is 0 Å². The van der Waals surface area contributed by atoms with Crippen LogP contribution in [0.1, 0.15) is 22.3 Å². The van der Waals surface area contributed by atoms with Gasteiger partial charge in [0.05, 0.1) is 31.8 Å². The van der Waals surface area contributed by atoms with E-state index in [-0.39, 0.29) is 18.6 Å². The van der Waals surface area contributed by atoms with Crippen LogP contribution in [0.2, 0.25) is 0 Å². The smallest absolute Gasteiger partial charge is 0.196 e. The molecule has 0 aliphatic carbocycles. The number of aliphatic hydroxyl groups excluding tert-OH is 1. The number of methoxy groups -OCH3 is 2. The Morgan fingerprint density at radius 2 is 1.68 bits per heavy atom. The number of aliphatic hydroxyl groups is 1. The summed E-state index contributed by atoms with van der Waals surface area (Å²) < 4.78 is 23.5. The van der Waals surface area contributed by atoms with Gasteiger partial charge in [-0.2, -0.15) is 0 Å². The molecule has 0 spiro atoms. The number of hydrogen-bond donors (Lipinski definition) is 1. The normalized spacial score (nSPS) is 10.6. The molecular weight excluding hydrogens is 506 g/mol. The molecule has 0 unspecified atom stereocenters. The highest BCUT2D eigenvalue weighted by Gasteiger charge is 2.23. The first-order valence-electron chi connectivity index (χ1n) is 12.7. The molecule has 5 rings (SSSR count). The van der Waals surface area contributed by atoms with Crippen molar-refractivity contribution in [3.05, 3.63) is 118 Å². The molecule has 0 amide bonds. The first-order chi connectivity index (χ1) is 19.6. The lowest BCUT2D eigenvalue weighted by Gasteiger charge is -2.16. The minimum atomic E-state index is -0.177. The Labute approximate surface area is 231 Å². The van der Waals surface area contributed by atoms with Gasteiger partial charge in [0.25, 0.3) is 0 Å². The molecule has 7 nitrogen and oxygen atoms in total. The summed E-state index contributed by atoms with van der Waals surface area (Å²) in [5.41, 5.74) is 3.58. The lowest BCUT2D eigenvalue weighted by Crippen LogP contribution is -2.13. The van der Waals surface area contributed by atoms with Crippen LogP contribution in [-0.2, 0) is 6.42 Å². The molecule has 7 heteroatoms. The Kier molecular flexibility index (Phi) is 8.10. The largest absolute Gasteiger partial charge is 0.493 e. The highest BCUT2D eigenvalue weighted by atomic mass is 16.5. The van der Waals surface area contributed by atoms with Gasteiger partial charge in [-0.1, -0.05) is 30.0 Å². The topological polar surface area (TPSA) is 91.0 Å². The van der Waals surface area contributed by atoms with Crippen molar-refractivity contribution in [3.8, 4) is 40.4 Å². The second-order valence-electron chi connectivity index (χ2n) is 8.88. The van der Waals surface area contributed by atoms with Gasteiger partial charge in [0, 0.05) is 41.6 Å². The number of ether oxygens (including phenoxy) is 3. The summed E-state index contributed by atoms with van der Waals surface area (Å²) in [5, 5.41) is 9.58. The van der Waals surface area contributed by atoms with Crippen LogP contribution in [-0.4, -0.2) is 37.5 Å². The van der Waals surface area contributed by atoms with Crippen LogP contribution >= 0.6 is 0 Å². The van der Waals surface area contributed by atoms with Crippen LogP contribution < -0.4 is 19.6 Å². The number of nitrogens with zero attached hydrogens (tertiary/aromatic N) is 1. The predicted octanol–water partition coefficient (Wildman–Crippen LogP) is 5.23. The molecule has 3 aromatic carbocycles. The maximum absolute atomic E-state index is 13.9. The van der Waals surface area contributed by atoms with Crippen molar-refractivity contribution in [2.24, 2.45) is 0 Å². The second kappa shape index (κ2) is 12.2. The Balaban J connectivity index is 1.76. The fourth-order valence-corrected chi connectivity index (χ4v) is 4.42. The Bertz CT molecular complexity index is 1750. The molecule has 0 fully saturated rings. The number of fused-ring (bicyclic) bond motifs is 1. The Morgan fingerprint density at radius 3 is 2.40 bits per heavy atom. The van der Waals surface area contributed by atoms with Crippen molar-refractivity contribution in [1.29, 1.82) is 0 Å². The molecule has 2 heterocycles. The van der Waals surface area contributed by atoms with Crippen molar-refractivity contribution in [2.75, 3.05) is 27.4 Å². The van der Waals surface area contributed by atoms with Gasteiger partial charge in [-0.25, -0.2) is 0 Å². The molecule has 0 atom stereocenters. The maximum atomic E-state index is 13.9. The van der Waals surface area contributed by atoms with Crippen LogP contribution in [0.15, 0.2) is 94.4 Å². The number of benzene rings is 3. The Hall–Kier alpha value is -5.06. The minimum absolute atomic E-state index is 0.121. The molecule has 1 N–H and O–H groups in total. The molecule has 0 bridgehead atoms. The molecule has 5 aromatic rings. The average Bonchev–Trinajstić information content (AvgIpc) is 3.00. The third kappa shape index (κ3) is 5.68. The third-order valence-corrected chi connectivity index (χ3v) is 6.30. The SMILES string of the molecule is COc1cc(C#Cc2ccccc2)cc(-c2oc3cc(OCCO)ccc3c(=O)c2Cc2ccncc2)c1OC. The van der Waals surface area contributed by atoms with Crippen molar-refractivity contribution >= 4 is 11.0 Å². The molecular formula is C33H27NO6. The number of pyridine rings is 1. The van der Waals surface area contributed by atoms with Crippen molar-refractivity contribution in [3.63, 3.8) is 0 Å². The summed E-state index contributed by atoms with van der Waals surface area (Å²) in [6.45, 7) is -0.0121. The third-order valence-electron chi connectivity index (χ3n) is 6.30. The van der Waals surface area contributed by atoms with Gasteiger partial charge >= 0.3 is 0 Å². The molecule has 2 aromatic heterocycles. The van der Waals surface area contributed by atoms with E-state index in [1.54, 1.807) is 50.9 Å². The summed E-state index contributed by atoms with van der Waals surface area (Å²) in [7, 11) is 3.09. The van der Waals surface area contributed by atoms with E-state index in [9.17, 15) is 4.79 Å². The second-order valence-corrected chi connectivity index (χ2v) is 8.88. The fraction of sp³-hybridized carbons (Fsp3) is 0.152. The lowest BCUT2D eigenvalue weighted by molar-refractivity contribution is 0.201. The van der Waals surface area contributed by atoms with E-state index in [0.29, 0.717) is 57.1 Å². The quantitative estimate of drug-likeness (QED) is 0.273. The van der Waals surface area contributed by atoms with Crippen LogP contribution in [0, 0.1) is 11.8 Å². The monoisotopic (exact) mass is 533 g/mol. The lowest BCUT2D eigenvalue weighted by atomic mass is 9.97. The van der Waals surface area contributed by atoms with Crippen molar-refractivity contribution < 1.29 is 23.7 Å². The zero-order valence-electron chi connectivity index (χ0n) is 22.1. The zero-order valence-corrected chi connectivity index (χ0v) is 22.1. The Morgan fingerprint density at radius 1 is 0.900 bits per heavy atom. The molecule has 40 heavy (non-hydrogen) atoms. The molecule has 0 aliphatic rings. The van der Waals surface area contributed by atoms with E-state index in [1.165, 1.54) is 0 Å². The van der Waals surface area contributed by atoms with Crippen LogP contribution in [0.3, 0.4) is 0 Å². The summed E-state index contributed by atoms with van der Waals surface area (Å²) >= 11 is 0. The average molecular weight is 534 g/mol. The zero-order chi connectivity index (χ0) is 27.9. The molecule has 0 saturated heterocycles. The summed E-state index contributed by atoms with van der Waals surface area (Å²) in [6.07, 6.45) is 3.68. The van der Waals surface area contributed by atoms with Gasteiger partial charge in [0.15, 0.2) is 16.9 Å². The van der Waals surface area contributed by atoms with E-state index in [0.717, 1.165) is 11.1 Å². The van der Waals surface area contributed by atoms with E-state index < -0.39 is 0 Å². The van der Waals surface area contributed by atoms with Gasteiger partial charge in [-0.05, 0) is 54.1 Å². The highest BCUT2D eigenvalue weighted by molar-refractivity contribution is 5.84. The molecule has 200 valence electrons. The first-order valence-corrected chi connectivity index (χ1v) is 12.7. The minimum Gasteiger partial charge on any atom is -0.493 e. The summed E-state index contributed by atoms with van der Waals surface area (Å²) in [4.78, 5) is 18.0. The summed E-state index contributed by atoms with van der Waals surface area (Å²) in [6, 6.07) is 22.0. The molecule has 0 radical (unpaired) electrons. The van der Waals surface area contributed by atoms with E-state index in [2.05, 4.69) is 16.8 Å². The standard InChI is InChI=1S/C33H27NO6/c1-37-30-20-24(9-8-22-6-4-3-5-7-22)19-28(33(30)38-2)32-27(18-23-12-14-34-15-13-23)31(36)26-11-10-25(39-17-16-35)21-29(26)40-32/h3-7,10-15,19-21,35H,16-18H2,1-2H3. The fourth-order valence-electron chi connectivity index (χ4n) is 4.42. The van der Waals surface area contributed by atoms with Gasteiger partial charge in [-0.3, -0.25) is 9.78 Å². The van der Waals surface area contributed by atoms with Crippen molar-refractivity contribution in [2.45, 2.75) is 6.42 Å². The van der Waals surface area contributed by atoms with Crippen LogP contribution in [0.25, 0.3) is 22.3 Å². The van der Waals surface area contributed by atoms with Crippen molar-refractivity contribution in [1.82, 2.24) is 4.98 Å².